The Balaban J connectivity index is 1.85. The largest absolute Gasteiger partial charge is 0.311 e. The molecule has 4 heteroatoms. The molecule has 1 aromatic rings. The van der Waals surface area contributed by atoms with E-state index in [1.165, 1.54) is 12.8 Å². The third-order valence-corrected chi connectivity index (χ3v) is 4.79. The van der Waals surface area contributed by atoms with Crippen LogP contribution in [0.2, 0.25) is 10.0 Å². The Kier molecular flexibility index (Phi) is 4.06. The van der Waals surface area contributed by atoms with Crippen LogP contribution in [-0.4, -0.2) is 17.5 Å². The second kappa shape index (κ2) is 5.18. The van der Waals surface area contributed by atoms with Gasteiger partial charge in [0.1, 0.15) is 0 Å². The van der Waals surface area contributed by atoms with Crippen LogP contribution < -0.4 is 5.32 Å². The molecule has 0 bridgehead atoms. The molecule has 1 fully saturated rings. The lowest BCUT2D eigenvalue weighted by molar-refractivity contribution is 0.663. The van der Waals surface area contributed by atoms with Crippen LogP contribution in [0.15, 0.2) is 18.2 Å². The zero-order valence-electron chi connectivity index (χ0n) is 9.22. The lowest BCUT2D eigenvalue weighted by atomic mass is 10.2. The van der Waals surface area contributed by atoms with E-state index < -0.39 is 0 Å². The van der Waals surface area contributed by atoms with E-state index in [2.05, 4.69) is 11.6 Å². The number of benzene rings is 1. The number of nitrogens with one attached hydrogen (secondary N) is 1. The molecule has 0 atom stereocenters. The van der Waals surface area contributed by atoms with Crippen molar-refractivity contribution in [3.05, 3.63) is 33.8 Å². The molecule has 1 nitrogen and oxygen atoms in total. The van der Waals surface area contributed by atoms with E-state index in [1.807, 2.05) is 23.9 Å². The van der Waals surface area contributed by atoms with Gasteiger partial charge in [0.05, 0.1) is 0 Å². The third-order valence-electron chi connectivity index (χ3n) is 2.94. The van der Waals surface area contributed by atoms with Crippen molar-refractivity contribution in [3.8, 4) is 0 Å². The third kappa shape index (κ3) is 3.30. The van der Waals surface area contributed by atoms with Gasteiger partial charge in [0.2, 0.25) is 0 Å². The lowest BCUT2D eigenvalue weighted by Crippen LogP contribution is -2.25. The highest BCUT2D eigenvalue weighted by Crippen LogP contribution is 2.46. The predicted octanol–water partition coefficient (Wildman–Crippen LogP) is 3.98. The molecule has 16 heavy (non-hydrogen) atoms. The van der Waals surface area contributed by atoms with E-state index in [1.54, 1.807) is 6.07 Å². The molecular weight excluding hydrogens is 261 g/mol. The SMILES string of the molecule is CSC1(CNCc2cc(Cl)cc(Cl)c2)CC1. The second-order valence-electron chi connectivity index (χ2n) is 4.27. The molecule has 1 aliphatic carbocycles. The van der Waals surface area contributed by atoms with Crippen molar-refractivity contribution in [2.75, 3.05) is 12.8 Å². The summed E-state index contributed by atoms with van der Waals surface area (Å²) in [6, 6.07) is 5.68. The molecule has 1 aliphatic rings. The molecule has 88 valence electrons. The Labute approximate surface area is 111 Å². The van der Waals surface area contributed by atoms with Gasteiger partial charge >= 0.3 is 0 Å². The molecule has 0 amide bonds. The highest BCUT2D eigenvalue weighted by atomic mass is 35.5. The van der Waals surface area contributed by atoms with Gasteiger partial charge in [0.25, 0.3) is 0 Å². The standard InChI is InChI=1S/C12H15Cl2NS/c1-16-12(2-3-12)8-15-7-9-4-10(13)6-11(14)5-9/h4-6,15H,2-3,7-8H2,1H3. The maximum atomic E-state index is 5.94. The first-order chi connectivity index (χ1) is 7.63. The minimum Gasteiger partial charge on any atom is -0.311 e. The summed E-state index contributed by atoms with van der Waals surface area (Å²) in [5.41, 5.74) is 1.15. The highest BCUT2D eigenvalue weighted by molar-refractivity contribution is 8.00. The minimum atomic E-state index is 0.502. The molecule has 0 unspecified atom stereocenters. The molecule has 0 radical (unpaired) electrons. The fourth-order valence-electron chi connectivity index (χ4n) is 1.74. The van der Waals surface area contributed by atoms with Gasteiger partial charge in [-0.15, -0.1) is 0 Å². The number of halogens is 2. The van der Waals surface area contributed by atoms with Gasteiger partial charge in [-0.05, 0) is 42.9 Å². The van der Waals surface area contributed by atoms with Crippen LogP contribution in [0.25, 0.3) is 0 Å². The quantitative estimate of drug-likeness (QED) is 0.873. The average Bonchev–Trinajstić information content (AvgIpc) is 2.97. The zero-order valence-corrected chi connectivity index (χ0v) is 11.6. The van der Waals surface area contributed by atoms with Gasteiger partial charge in [0.15, 0.2) is 0 Å². The summed E-state index contributed by atoms with van der Waals surface area (Å²) in [6.07, 6.45) is 4.85. The van der Waals surface area contributed by atoms with Crippen molar-refractivity contribution >= 4 is 35.0 Å². The van der Waals surface area contributed by atoms with E-state index in [-0.39, 0.29) is 0 Å². The highest BCUT2D eigenvalue weighted by Gasteiger charge is 2.41. The van der Waals surface area contributed by atoms with Crippen LogP contribution in [0.5, 0.6) is 0 Å². The Morgan fingerprint density at radius 3 is 2.38 bits per heavy atom. The minimum absolute atomic E-state index is 0.502. The topological polar surface area (TPSA) is 12.0 Å². The van der Waals surface area contributed by atoms with Crippen LogP contribution in [0, 0.1) is 0 Å². The molecule has 0 spiro atoms. The summed E-state index contributed by atoms with van der Waals surface area (Å²) < 4.78 is 0.502. The Morgan fingerprint density at radius 1 is 1.25 bits per heavy atom. The fourth-order valence-corrected chi connectivity index (χ4v) is 3.07. The molecule has 0 saturated heterocycles. The Bertz CT molecular complexity index is 357. The van der Waals surface area contributed by atoms with Crippen molar-refractivity contribution in [1.82, 2.24) is 5.32 Å². The molecule has 1 N–H and O–H groups in total. The van der Waals surface area contributed by atoms with Crippen LogP contribution in [0.4, 0.5) is 0 Å². The van der Waals surface area contributed by atoms with Crippen LogP contribution >= 0.6 is 35.0 Å². The molecule has 0 aliphatic heterocycles. The summed E-state index contributed by atoms with van der Waals surface area (Å²) in [6.45, 7) is 1.90. The van der Waals surface area contributed by atoms with E-state index in [4.69, 9.17) is 23.2 Å². The Hall–Kier alpha value is 0.110. The van der Waals surface area contributed by atoms with Crippen molar-refractivity contribution < 1.29 is 0 Å². The van der Waals surface area contributed by atoms with Crippen LogP contribution in [0.3, 0.4) is 0 Å². The van der Waals surface area contributed by atoms with Crippen molar-refractivity contribution in [3.63, 3.8) is 0 Å². The number of thioether (sulfide) groups is 1. The van der Waals surface area contributed by atoms with Crippen molar-refractivity contribution in [1.29, 1.82) is 0 Å². The molecule has 2 rings (SSSR count). The maximum Gasteiger partial charge on any atom is 0.0424 e. The summed E-state index contributed by atoms with van der Waals surface area (Å²) in [5, 5.41) is 4.88. The van der Waals surface area contributed by atoms with Gasteiger partial charge in [-0.1, -0.05) is 23.2 Å². The maximum absolute atomic E-state index is 5.94. The van der Waals surface area contributed by atoms with E-state index >= 15 is 0 Å². The van der Waals surface area contributed by atoms with Crippen LogP contribution in [0.1, 0.15) is 18.4 Å². The van der Waals surface area contributed by atoms with Gasteiger partial charge in [-0.2, -0.15) is 11.8 Å². The molecule has 1 aromatic carbocycles. The van der Waals surface area contributed by atoms with Crippen molar-refractivity contribution in [2.24, 2.45) is 0 Å². The first kappa shape index (κ1) is 12.6. The van der Waals surface area contributed by atoms with E-state index in [9.17, 15) is 0 Å². The smallest absolute Gasteiger partial charge is 0.0424 e. The number of hydrogen-bond acceptors (Lipinski definition) is 2. The lowest BCUT2D eigenvalue weighted by Gasteiger charge is -2.13. The fraction of sp³-hybridized carbons (Fsp3) is 0.500. The van der Waals surface area contributed by atoms with Gasteiger partial charge in [-0.3, -0.25) is 0 Å². The molecular formula is C12H15Cl2NS. The Morgan fingerprint density at radius 2 is 1.88 bits per heavy atom. The van der Waals surface area contributed by atoms with E-state index in [0.29, 0.717) is 14.8 Å². The zero-order chi connectivity index (χ0) is 11.6. The monoisotopic (exact) mass is 275 g/mol. The molecule has 0 aromatic heterocycles. The normalized spacial score (nSPS) is 17.4. The number of hydrogen-bond donors (Lipinski definition) is 1. The van der Waals surface area contributed by atoms with Crippen LogP contribution in [-0.2, 0) is 6.54 Å². The number of rotatable bonds is 5. The molecule has 0 heterocycles. The van der Waals surface area contributed by atoms with Crippen molar-refractivity contribution in [2.45, 2.75) is 24.1 Å². The first-order valence-corrected chi connectivity index (χ1v) is 7.32. The summed E-state index contributed by atoms with van der Waals surface area (Å²) in [5.74, 6) is 0. The van der Waals surface area contributed by atoms with Gasteiger partial charge in [0, 0.05) is 27.9 Å². The summed E-state index contributed by atoms with van der Waals surface area (Å²) in [7, 11) is 0. The predicted molar refractivity (Wildman–Crippen MR) is 73.6 cm³/mol. The summed E-state index contributed by atoms with van der Waals surface area (Å²) >= 11 is 13.8. The average molecular weight is 276 g/mol. The van der Waals surface area contributed by atoms with Gasteiger partial charge in [-0.25, -0.2) is 0 Å². The first-order valence-electron chi connectivity index (χ1n) is 5.34. The summed E-state index contributed by atoms with van der Waals surface area (Å²) in [4.78, 5) is 0. The second-order valence-corrected chi connectivity index (χ2v) is 6.42. The molecule has 1 saturated carbocycles. The van der Waals surface area contributed by atoms with Gasteiger partial charge < -0.3 is 5.32 Å². The van der Waals surface area contributed by atoms with E-state index in [0.717, 1.165) is 18.7 Å².